The van der Waals surface area contributed by atoms with E-state index < -0.39 is 5.25 Å². The van der Waals surface area contributed by atoms with E-state index in [0.717, 1.165) is 11.8 Å². The molecule has 10 heteroatoms. The van der Waals surface area contributed by atoms with E-state index in [0.29, 0.717) is 21.5 Å². The van der Waals surface area contributed by atoms with Crippen molar-refractivity contribution in [1.82, 2.24) is 5.32 Å². The third kappa shape index (κ3) is 4.87. The fourth-order valence-corrected chi connectivity index (χ4v) is 3.27. The standard InChI is InChI=1S/C16H12Cl2N4O3S/c17-11-4-3-9(6-12(11)18)20-15(24)13-7-14(23)21-16(26-13)22-19-8-10-2-1-5-25-10/h1-6,8,13H,7H2,(H,20,24)(H,21,22,23)/b19-8+/t13-/m0/s1. The molecule has 2 amide bonds. The predicted octanol–water partition coefficient (Wildman–Crippen LogP) is 3.54. The average Bonchev–Trinajstić information content (AvgIpc) is 3.11. The summed E-state index contributed by atoms with van der Waals surface area (Å²) < 4.78 is 5.09. The van der Waals surface area contributed by atoms with Crippen molar-refractivity contribution in [3.8, 4) is 0 Å². The summed E-state index contributed by atoms with van der Waals surface area (Å²) in [7, 11) is 0. The van der Waals surface area contributed by atoms with Gasteiger partial charge in [-0.2, -0.15) is 5.10 Å². The maximum Gasteiger partial charge on any atom is 0.238 e. The van der Waals surface area contributed by atoms with Crippen LogP contribution in [0.2, 0.25) is 10.0 Å². The Bertz CT molecular complexity index is 884. The SMILES string of the molecule is O=C1C[C@@H](C(=O)Nc2ccc(Cl)c(Cl)c2)SC(=N/N=C/c2ccco2)N1. The molecule has 2 heterocycles. The lowest BCUT2D eigenvalue weighted by Crippen LogP contribution is -2.41. The van der Waals surface area contributed by atoms with Gasteiger partial charge >= 0.3 is 0 Å². The van der Waals surface area contributed by atoms with Crippen LogP contribution in [0.3, 0.4) is 0 Å². The van der Waals surface area contributed by atoms with Crippen molar-refractivity contribution in [2.75, 3.05) is 5.32 Å². The Hall–Kier alpha value is -2.29. The number of nitrogens with zero attached hydrogens (tertiary/aromatic N) is 2. The van der Waals surface area contributed by atoms with Crippen LogP contribution in [0.15, 0.2) is 51.2 Å². The molecule has 26 heavy (non-hydrogen) atoms. The molecule has 0 radical (unpaired) electrons. The molecular weight excluding hydrogens is 399 g/mol. The van der Waals surface area contributed by atoms with Crippen molar-refractivity contribution < 1.29 is 14.0 Å². The number of rotatable bonds is 4. The highest BCUT2D eigenvalue weighted by molar-refractivity contribution is 8.15. The largest absolute Gasteiger partial charge is 0.463 e. The fraction of sp³-hybridized carbons (Fsp3) is 0.125. The van der Waals surface area contributed by atoms with Gasteiger partial charge in [0, 0.05) is 12.1 Å². The fourth-order valence-electron chi connectivity index (χ4n) is 2.04. The maximum absolute atomic E-state index is 12.4. The van der Waals surface area contributed by atoms with Gasteiger partial charge in [-0.1, -0.05) is 35.0 Å². The summed E-state index contributed by atoms with van der Waals surface area (Å²) in [6.07, 6.45) is 2.94. The monoisotopic (exact) mass is 410 g/mol. The van der Waals surface area contributed by atoms with E-state index in [-0.39, 0.29) is 23.4 Å². The molecular formula is C16H12Cl2N4O3S. The van der Waals surface area contributed by atoms with Crippen LogP contribution in [-0.2, 0) is 9.59 Å². The number of amidine groups is 1. The van der Waals surface area contributed by atoms with Crippen molar-refractivity contribution in [2.45, 2.75) is 11.7 Å². The molecule has 1 aromatic carbocycles. The summed E-state index contributed by atoms with van der Waals surface area (Å²) in [4.78, 5) is 24.3. The van der Waals surface area contributed by atoms with E-state index >= 15 is 0 Å². The molecule has 0 aliphatic carbocycles. The van der Waals surface area contributed by atoms with Crippen LogP contribution in [0.25, 0.3) is 0 Å². The quantitative estimate of drug-likeness (QED) is 0.594. The van der Waals surface area contributed by atoms with Crippen molar-refractivity contribution in [3.05, 3.63) is 52.4 Å². The molecule has 0 bridgehead atoms. The van der Waals surface area contributed by atoms with Gasteiger partial charge in [0.1, 0.15) is 11.0 Å². The van der Waals surface area contributed by atoms with Gasteiger partial charge in [0.25, 0.3) is 0 Å². The van der Waals surface area contributed by atoms with Crippen LogP contribution >= 0.6 is 35.0 Å². The van der Waals surface area contributed by atoms with E-state index in [1.165, 1.54) is 18.5 Å². The van der Waals surface area contributed by atoms with E-state index in [1.54, 1.807) is 24.3 Å². The third-order valence-corrected chi connectivity index (χ3v) is 5.04. The molecule has 2 aromatic rings. The Morgan fingerprint density at radius 1 is 1.35 bits per heavy atom. The maximum atomic E-state index is 12.4. The van der Waals surface area contributed by atoms with Crippen molar-refractivity contribution in [1.29, 1.82) is 0 Å². The summed E-state index contributed by atoms with van der Waals surface area (Å²) in [6, 6.07) is 8.18. The zero-order valence-corrected chi connectivity index (χ0v) is 15.4. The first kappa shape index (κ1) is 18.5. The number of furan rings is 1. The molecule has 1 aliphatic heterocycles. The van der Waals surface area contributed by atoms with E-state index in [1.807, 2.05) is 0 Å². The van der Waals surface area contributed by atoms with Gasteiger partial charge < -0.3 is 15.1 Å². The third-order valence-electron chi connectivity index (χ3n) is 3.23. The number of halogens is 2. The van der Waals surface area contributed by atoms with Crippen LogP contribution in [0, 0.1) is 0 Å². The first-order valence-corrected chi connectivity index (χ1v) is 9.02. The second-order valence-electron chi connectivity index (χ2n) is 5.14. The molecule has 0 spiro atoms. The number of anilines is 1. The summed E-state index contributed by atoms with van der Waals surface area (Å²) in [5.41, 5.74) is 0.491. The molecule has 1 aliphatic rings. The Morgan fingerprint density at radius 3 is 2.92 bits per heavy atom. The minimum absolute atomic E-state index is 0.0265. The number of carbonyl (C=O) groups is 2. The summed E-state index contributed by atoms with van der Waals surface area (Å²) in [5, 5.41) is 13.3. The van der Waals surface area contributed by atoms with E-state index in [4.69, 9.17) is 27.6 Å². The summed E-state index contributed by atoms with van der Waals surface area (Å²) in [6.45, 7) is 0. The van der Waals surface area contributed by atoms with Crippen LogP contribution in [0.4, 0.5) is 5.69 Å². The number of hydrogen-bond acceptors (Lipinski definition) is 6. The predicted molar refractivity (Wildman–Crippen MR) is 103 cm³/mol. The van der Waals surface area contributed by atoms with Crippen LogP contribution in [0.5, 0.6) is 0 Å². The highest BCUT2D eigenvalue weighted by Crippen LogP contribution is 2.27. The number of hydrogen-bond donors (Lipinski definition) is 2. The molecule has 1 atom stereocenters. The topological polar surface area (TPSA) is 96.1 Å². The van der Waals surface area contributed by atoms with Crippen molar-refractivity contribution in [2.24, 2.45) is 10.2 Å². The smallest absolute Gasteiger partial charge is 0.238 e. The van der Waals surface area contributed by atoms with Crippen molar-refractivity contribution in [3.63, 3.8) is 0 Å². The van der Waals surface area contributed by atoms with Gasteiger partial charge in [-0.05, 0) is 30.3 Å². The van der Waals surface area contributed by atoms with Gasteiger partial charge in [-0.3, -0.25) is 9.59 Å². The number of amides is 2. The molecule has 1 saturated heterocycles. The van der Waals surface area contributed by atoms with E-state index in [2.05, 4.69) is 20.8 Å². The number of nitrogens with one attached hydrogen (secondary N) is 2. The molecule has 0 saturated carbocycles. The summed E-state index contributed by atoms with van der Waals surface area (Å²) in [5.74, 6) is -0.133. The number of carbonyl (C=O) groups excluding carboxylic acids is 2. The van der Waals surface area contributed by atoms with E-state index in [9.17, 15) is 9.59 Å². The van der Waals surface area contributed by atoms with Gasteiger partial charge in [0.2, 0.25) is 11.8 Å². The van der Waals surface area contributed by atoms with Crippen LogP contribution in [-0.4, -0.2) is 28.4 Å². The first-order chi connectivity index (χ1) is 12.5. The lowest BCUT2D eigenvalue weighted by molar-refractivity contribution is -0.123. The second kappa shape index (κ2) is 8.39. The van der Waals surface area contributed by atoms with Gasteiger partial charge in [-0.15, -0.1) is 5.10 Å². The molecule has 3 rings (SSSR count). The molecule has 1 aromatic heterocycles. The van der Waals surface area contributed by atoms with Gasteiger partial charge in [0.05, 0.1) is 22.5 Å². The molecule has 2 N–H and O–H groups in total. The lowest BCUT2D eigenvalue weighted by atomic mass is 10.2. The lowest BCUT2D eigenvalue weighted by Gasteiger charge is -2.21. The second-order valence-corrected chi connectivity index (χ2v) is 7.15. The molecule has 1 fully saturated rings. The number of benzene rings is 1. The minimum Gasteiger partial charge on any atom is -0.463 e. The van der Waals surface area contributed by atoms with Gasteiger partial charge in [-0.25, -0.2) is 0 Å². The molecule has 7 nitrogen and oxygen atoms in total. The highest BCUT2D eigenvalue weighted by atomic mass is 35.5. The Kier molecular flexibility index (Phi) is 5.97. The average molecular weight is 411 g/mol. The number of thioether (sulfide) groups is 1. The Labute approximate surface area is 162 Å². The Balaban J connectivity index is 1.66. The van der Waals surface area contributed by atoms with Gasteiger partial charge in [0.15, 0.2) is 5.17 Å². The normalized spacial score (nSPS) is 18.9. The highest BCUT2D eigenvalue weighted by Gasteiger charge is 2.30. The minimum atomic E-state index is -0.643. The zero-order chi connectivity index (χ0) is 18.5. The van der Waals surface area contributed by atoms with Crippen LogP contribution in [0.1, 0.15) is 12.2 Å². The summed E-state index contributed by atoms with van der Waals surface area (Å²) >= 11 is 12.9. The van der Waals surface area contributed by atoms with Crippen LogP contribution < -0.4 is 10.6 Å². The van der Waals surface area contributed by atoms with Crippen molar-refractivity contribution >= 4 is 63.8 Å². The Morgan fingerprint density at radius 2 is 2.19 bits per heavy atom. The molecule has 134 valence electrons. The molecule has 0 unspecified atom stereocenters. The first-order valence-electron chi connectivity index (χ1n) is 7.38. The zero-order valence-electron chi connectivity index (χ0n) is 13.1.